The number of aryl methyl sites for hydroxylation is 1. The topological polar surface area (TPSA) is 95.5 Å². The van der Waals surface area contributed by atoms with E-state index in [1.807, 2.05) is 6.07 Å². The Morgan fingerprint density at radius 2 is 1.90 bits per heavy atom. The van der Waals surface area contributed by atoms with Gasteiger partial charge in [-0.25, -0.2) is 4.79 Å². The molecule has 1 aliphatic heterocycles. The van der Waals surface area contributed by atoms with Gasteiger partial charge in [0, 0.05) is 13.7 Å². The summed E-state index contributed by atoms with van der Waals surface area (Å²) in [6.07, 6.45) is -3.03. The molecule has 1 aliphatic rings. The molecule has 0 aromatic heterocycles. The van der Waals surface area contributed by atoms with Crippen LogP contribution in [0.25, 0.3) is 0 Å². The van der Waals surface area contributed by atoms with E-state index >= 15 is 0 Å². The van der Waals surface area contributed by atoms with Crippen LogP contribution in [0.1, 0.15) is 48.8 Å². The van der Waals surface area contributed by atoms with E-state index in [9.17, 15) is 23.1 Å². The molecule has 2 unspecified atom stereocenters. The molecule has 1 fully saturated rings. The summed E-state index contributed by atoms with van der Waals surface area (Å²) in [5.74, 6) is -0.269. The third-order valence-electron chi connectivity index (χ3n) is 6.45. The Labute approximate surface area is 226 Å². The maximum Gasteiger partial charge on any atom is 0.419 e. The van der Waals surface area contributed by atoms with Crippen LogP contribution in [0.15, 0.2) is 48.5 Å². The first-order valence-electron chi connectivity index (χ1n) is 12.9. The van der Waals surface area contributed by atoms with E-state index in [0.717, 1.165) is 30.9 Å². The number of amides is 1. The quantitative estimate of drug-likeness (QED) is 0.213. The zero-order valence-corrected chi connectivity index (χ0v) is 22.0. The van der Waals surface area contributed by atoms with Gasteiger partial charge in [0.05, 0.1) is 24.3 Å². The minimum absolute atomic E-state index is 0.00352. The second kappa shape index (κ2) is 15.1. The Morgan fingerprint density at radius 1 is 1.10 bits per heavy atom. The van der Waals surface area contributed by atoms with Crippen LogP contribution in [0.2, 0.25) is 0 Å². The SMILES string of the molecule is COCOCC(CCOC1CCCCO1)(CCc1ccc(OCc2ccccc2)c(C(F)(F)F)c1)NC(=O)O. The molecule has 216 valence electrons. The zero-order valence-electron chi connectivity index (χ0n) is 22.0. The molecule has 0 radical (unpaired) electrons. The van der Waals surface area contributed by atoms with Crippen LogP contribution < -0.4 is 10.1 Å². The van der Waals surface area contributed by atoms with E-state index < -0.39 is 23.4 Å². The van der Waals surface area contributed by atoms with E-state index in [1.54, 1.807) is 30.3 Å². The molecule has 2 aromatic rings. The lowest BCUT2D eigenvalue weighted by Gasteiger charge is -2.34. The average molecular weight is 556 g/mol. The number of carboxylic acid groups (broad SMARTS) is 1. The minimum Gasteiger partial charge on any atom is -0.488 e. The predicted octanol–water partition coefficient (Wildman–Crippen LogP) is 5.78. The lowest BCUT2D eigenvalue weighted by Crippen LogP contribution is -2.53. The van der Waals surface area contributed by atoms with Crippen molar-refractivity contribution in [2.45, 2.75) is 63.1 Å². The number of alkyl halides is 3. The Morgan fingerprint density at radius 3 is 2.56 bits per heavy atom. The summed E-state index contributed by atoms with van der Waals surface area (Å²) in [4.78, 5) is 11.7. The Hall–Kier alpha value is -2.86. The molecular formula is C28H36F3NO7. The van der Waals surface area contributed by atoms with Crippen molar-refractivity contribution in [1.82, 2.24) is 5.32 Å². The van der Waals surface area contributed by atoms with E-state index in [0.29, 0.717) is 12.2 Å². The van der Waals surface area contributed by atoms with Gasteiger partial charge in [-0.15, -0.1) is 0 Å². The third-order valence-corrected chi connectivity index (χ3v) is 6.45. The number of halogens is 3. The lowest BCUT2D eigenvalue weighted by atomic mass is 9.88. The first-order valence-corrected chi connectivity index (χ1v) is 12.9. The Balaban J connectivity index is 1.74. The number of hydrogen-bond donors (Lipinski definition) is 2. The number of carbonyl (C=O) groups is 1. The number of benzene rings is 2. The van der Waals surface area contributed by atoms with E-state index in [2.05, 4.69) is 5.32 Å². The van der Waals surface area contributed by atoms with E-state index in [4.69, 9.17) is 23.7 Å². The normalized spacial score (nSPS) is 17.4. The van der Waals surface area contributed by atoms with Crippen molar-refractivity contribution in [3.05, 3.63) is 65.2 Å². The van der Waals surface area contributed by atoms with Crippen LogP contribution in [-0.4, -0.2) is 56.8 Å². The molecule has 0 spiro atoms. The summed E-state index contributed by atoms with van der Waals surface area (Å²) < 4.78 is 69.1. The molecule has 8 nitrogen and oxygen atoms in total. The van der Waals surface area contributed by atoms with Crippen LogP contribution in [-0.2, 0) is 38.2 Å². The molecule has 1 heterocycles. The first kappa shape index (κ1) is 30.7. The predicted molar refractivity (Wildman–Crippen MR) is 136 cm³/mol. The monoisotopic (exact) mass is 555 g/mol. The van der Waals surface area contributed by atoms with Crippen LogP contribution in [0.4, 0.5) is 18.0 Å². The number of rotatable bonds is 15. The summed E-state index contributed by atoms with van der Waals surface area (Å²) in [7, 11) is 1.44. The highest BCUT2D eigenvalue weighted by molar-refractivity contribution is 5.65. The maximum atomic E-state index is 13.9. The van der Waals surface area contributed by atoms with Gasteiger partial charge in [-0.05, 0) is 61.8 Å². The summed E-state index contributed by atoms with van der Waals surface area (Å²) in [6.45, 7) is 0.665. The second-order valence-corrected chi connectivity index (χ2v) is 9.48. The summed E-state index contributed by atoms with van der Waals surface area (Å²) in [6, 6.07) is 12.8. The highest BCUT2D eigenvalue weighted by atomic mass is 19.4. The van der Waals surface area contributed by atoms with Crippen molar-refractivity contribution < 1.29 is 46.8 Å². The number of methoxy groups -OCH3 is 1. The van der Waals surface area contributed by atoms with Gasteiger partial charge < -0.3 is 34.1 Å². The molecule has 2 aromatic carbocycles. The maximum absolute atomic E-state index is 13.9. The number of hydrogen-bond acceptors (Lipinski definition) is 6. The van der Waals surface area contributed by atoms with Crippen LogP contribution in [0, 0.1) is 0 Å². The van der Waals surface area contributed by atoms with Crippen LogP contribution >= 0.6 is 0 Å². The van der Waals surface area contributed by atoms with Gasteiger partial charge in [-0.1, -0.05) is 36.4 Å². The van der Waals surface area contributed by atoms with E-state index in [1.165, 1.54) is 13.2 Å². The fraction of sp³-hybridized carbons (Fsp3) is 0.536. The lowest BCUT2D eigenvalue weighted by molar-refractivity contribution is -0.166. The van der Waals surface area contributed by atoms with Gasteiger partial charge in [0.15, 0.2) is 6.29 Å². The van der Waals surface area contributed by atoms with Gasteiger partial charge in [0.2, 0.25) is 0 Å². The fourth-order valence-corrected chi connectivity index (χ4v) is 4.40. The molecule has 0 saturated carbocycles. The van der Waals surface area contributed by atoms with Gasteiger partial charge in [-0.3, -0.25) is 0 Å². The fourth-order valence-electron chi connectivity index (χ4n) is 4.40. The Bertz CT molecular complexity index is 1020. The molecule has 2 atom stereocenters. The van der Waals surface area contributed by atoms with Crippen molar-refractivity contribution in [2.75, 3.05) is 33.7 Å². The molecule has 3 rings (SSSR count). The van der Waals surface area contributed by atoms with Crippen LogP contribution in [0.5, 0.6) is 5.75 Å². The van der Waals surface area contributed by atoms with Gasteiger partial charge in [-0.2, -0.15) is 13.2 Å². The van der Waals surface area contributed by atoms with Crippen molar-refractivity contribution in [3.8, 4) is 5.75 Å². The van der Waals surface area contributed by atoms with Crippen LogP contribution in [0.3, 0.4) is 0 Å². The number of nitrogens with one attached hydrogen (secondary N) is 1. The van der Waals surface area contributed by atoms with Gasteiger partial charge in [0.1, 0.15) is 19.1 Å². The molecule has 1 amide bonds. The van der Waals surface area contributed by atoms with Crippen molar-refractivity contribution >= 4 is 6.09 Å². The Kier molecular flexibility index (Phi) is 11.9. The molecule has 39 heavy (non-hydrogen) atoms. The highest BCUT2D eigenvalue weighted by Gasteiger charge is 2.36. The van der Waals surface area contributed by atoms with E-state index in [-0.39, 0.29) is 57.9 Å². The average Bonchev–Trinajstić information content (AvgIpc) is 2.91. The molecule has 0 bridgehead atoms. The summed E-state index contributed by atoms with van der Waals surface area (Å²) in [5.41, 5.74) is -0.883. The molecule has 0 aliphatic carbocycles. The first-order chi connectivity index (χ1) is 18.7. The van der Waals surface area contributed by atoms with Crippen molar-refractivity contribution in [3.63, 3.8) is 0 Å². The van der Waals surface area contributed by atoms with Crippen molar-refractivity contribution in [2.24, 2.45) is 0 Å². The molecule has 11 heteroatoms. The smallest absolute Gasteiger partial charge is 0.419 e. The largest absolute Gasteiger partial charge is 0.488 e. The van der Waals surface area contributed by atoms with Gasteiger partial charge in [0.25, 0.3) is 0 Å². The number of ether oxygens (including phenoxy) is 5. The molecular weight excluding hydrogens is 519 g/mol. The highest BCUT2D eigenvalue weighted by Crippen LogP contribution is 2.37. The zero-order chi connectivity index (χ0) is 28.1. The molecule has 2 N–H and O–H groups in total. The second-order valence-electron chi connectivity index (χ2n) is 9.48. The summed E-state index contributed by atoms with van der Waals surface area (Å²) in [5, 5.41) is 12.1. The standard InChI is InChI=1S/C28H36F3NO7/c1-35-20-36-19-27(32-26(33)34,14-16-38-25-9-5-6-15-37-25)13-12-21-10-11-24(23(17-21)28(29,30)31)39-18-22-7-3-2-4-8-22/h2-4,7-8,10-11,17,25,32H,5-6,9,12-16,18-20H2,1H3,(H,33,34). The minimum atomic E-state index is -4.63. The van der Waals surface area contributed by atoms with Gasteiger partial charge >= 0.3 is 12.3 Å². The van der Waals surface area contributed by atoms with Crippen molar-refractivity contribution in [1.29, 1.82) is 0 Å². The molecule has 1 saturated heterocycles. The third kappa shape index (κ3) is 10.3. The summed E-state index contributed by atoms with van der Waals surface area (Å²) >= 11 is 0.